The van der Waals surface area contributed by atoms with Gasteiger partial charge in [-0.15, -0.1) is 16.4 Å². The van der Waals surface area contributed by atoms with E-state index in [2.05, 4.69) is 41.5 Å². The minimum atomic E-state index is -0.748. The van der Waals surface area contributed by atoms with E-state index in [4.69, 9.17) is 10.7 Å². The van der Waals surface area contributed by atoms with Crippen molar-refractivity contribution in [3.63, 3.8) is 0 Å². The minimum absolute atomic E-state index is 0.0750. The van der Waals surface area contributed by atoms with Gasteiger partial charge in [-0.1, -0.05) is 0 Å². The summed E-state index contributed by atoms with van der Waals surface area (Å²) in [5.74, 6) is 0.793. The summed E-state index contributed by atoms with van der Waals surface area (Å²) in [6.45, 7) is 2.60. The van der Waals surface area contributed by atoms with E-state index in [1.54, 1.807) is 10.7 Å². The van der Waals surface area contributed by atoms with E-state index in [-0.39, 0.29) is 17.9 Å². The van der Waals surface area contributed by atoms with Crippen LogP contribution in [-0.4, -0.2) is 53.6 Å². The average Bonchev–Trinajstić information content (AvgIpc) is 3.55. The van der Waals surface area contributed by atoms with Gasteiger partial charge in [0.05, 0.1) is 21.9 Å². The fourth-order valence-electron chi connectivity index (χ4n) is 4.03. The van der Waals surface area contributed by atoms with Crippen LogP contribution in [0.4, 0.5) is 17.6 Å². The van der Waals surface area contributed by atoms with Gasteiger partial charge in [0.1, 0.15) is 16.2 Å². The smallest absolute Gasteiger partial charge is 0.266 e. The van der Waals surface area contributed by atoms with Crippen molar-refractivity contribution in [1.82, 2.24) is 29.8 Å². The Kier molecular flexibility index (Phi) is 5.37. The number of nitrogens with one attached hydrogen (secondary N) is 2. The first-order valence-corrected chi connectivity index (χ1v) is 11.8. The summed E-state index contributed by atoms with van der Waals surface area (Å²) in [5, 5.41) is 15.2. The predicted molar refractivity (Wildman–Crippen MR) is 127 cm³/mol. The number of nitrogens with zero attached hydrogens (tertiary/aromatic N) is 6. The number of hydrogen-bond acceptors (Lipinski definition) is 9. The molecule has 11 nitrogen and oxygen atoms in total. The van der Waals surface area contributed by atoms with Gasteiger partial charge in [0, 0.05) is 18.8 Å². The fourth-order valence-corrected chi connectivity index (χ4v) is 5.34. The third kappa shape index (κ3) is 3.97. The number of rotatable bonds is 7. The Bertz CT molecular complexity index is 1360. The van der Waals surface area contributed by atoms with Gasteiger partial charge < -0.3 is 16.0 Å². The Balaban J connectivity index is 1.48. The molecule has 13 heteroatoms. The van der Waals surface area contributed by atoms with Gasteiger partial charge in [-0.2, -0.15) is 10.1 Å². The lowest BCUT2D eigenvalue weighted by molar-refractivity contribution is -0.122. The van der Waals surface area contributed by atoms with Crippen LogP contribution >= 0.6 is 27.3 Å². The van der Waals surface area contributed by atoms with Crippen molar-refractivity contribution in [2.45, 2.75) is 31.7 Å². The van der Waals surface area contributed by atoms with Crippen molar-refractivity contribution in [2.24, 2.45) is 5.73 Å². The number of thiazole rings is 1. The first-order chi connectivity index (χ1) is 15.8. The molecule has 4 aromatic heterocycles. The molecule has 0 saturated carbocycles. The Morgan fingerprint density at radius 1 is 1.42 bits per heavy atom. The topological polar surface area (TPSA) is 147 Å². The number of carbonyl (C=O) groups excluding carboxylic acids is 2. The molecule has 5 rings (SSSR count). The molecule has 4 N–H and O–H groups in total. The number of Topliss-reactive ketones (excluding diaryl/α,β-unsaturated/α-hetero) is 1. The summed E-state index contributed by atoms with van der Waals surface area (Å²) in [6.07, 6.45) is 5.33. The van der Waals surface area contributed by atoms with E-state index in [1.807, 2.05) is 30.2 Å². The van der Waals surface area contributed by atoms with Crippen LogP contribution in [0.25, 0.3) is 5.52 Å². The molecule has 1 fully saturated rings. The van der Waals surface area contributed by atoms with Crippen LogP contribution in [0.5, 0.6) is 0 Å². The van der Waals surface area contributed by atoms with Crippen molar-refractivity contribution in [2.75, 3.05) is 16.8 Å². The van der Waals surface area contributed by atoms with Crippen molar-refractivity contribution in [1.29, 1.82) is 0 Å². The number of hydrogen-bond donors (Lipinski definition) is 3. The van der Waals surface area contributed by atoms with E-state index >= 15 is 0 Å². The van der Waals surface area contributed by atoms with Crippen LogP contribution < -0.4 is 16.0 Å². The molecule has 0 aliphatic carbocycles. The number of primary amides is 1. The van der Waals surface area contributed by atoms with Gasteiger partial charge in [0.25, 0.3) is 5.91 Å². The summed E-state index contributed by atoms with van der Waals surface area (Å²) >= 11 is 4.86. The van der Waals surface area contributed by atoms with Crippen LogP contribution in [0.1, 0.15) is 35.3 Å². The number of anilines is 3. The molecular formula is C20H20BrN9O2S. The molecule has 33 heavy (non-hydrogen) atoms. The first kappa shape index (κ1) is 21.5. The highest BCUT2D eigenvalue weighted by atomic mass is 79.9. The van der Waals surface area contributed by atoms with Gasteiger partial charge in [0.2, 0.25) is 5.95 Å². The zero-order chi connectivity index (χ0) is 23.2. The molecule has 0 aromatic carbocycles. The Morgan fingerprint density at radius 3 is 3.00 bits per heavy atom. The van der Waals surface area contributed by atoms with Crippen molar-refractivity contribution < 1.29 is 9.59 Å². The first-order valence-electron chi connectivity index (χ1n) is 10.2. The van der Waals surface area contributed by atoms with E-state index in [0.29, 0.717) is 30.5 Å². The fraction of sp³-hybridized carbons (Fsp3) is 0.300. The van der Waals surface area contributed by atoms with Crippen molar-refractivity contribution in [3.05, 3.63) is 45.1 Å². The van der Waals surface area contributed by atoms with Gasteiger partial charge >= 0.3 is 0 Å². The number of nitrogens with two attached hydrogens (primary N) is 1. The van der Waals surface area contributed by atoms with Gasteiger partial charge in [-0.05, 0) is 47.8 Å². The third-order valence-corrected chi connectivity index (χ3v) is 7.27. The summed E-state index contributed by atoms with van der Waals surface area (Å²) in [5.41, 5.74) is 5.46. The molecule has 170 valence electrons. The number of fused-ring (bicyclic) bond motifs is 1. The minimum Gasteiger partial charge on any atom is -0.364 e. The molecule has 5 heterocycles. The SMILES string of the molecule is C[C@@]1(C(=O)Cc2ncc(Br)s2)CCCN1c1nc(Nc2cc(C(N)=O)[nH]n2)c2cccn2n1. The number of carbonyl (C=O) groups is 2. The average molecular weight is 530 g/mol. The van der Waals surface area contributed by atoms with Gasteiger partial charge in [-0.25, -0.2) is 9.50 Å². The van der Waals surface area contributed by atoms with Crippen LogP contribution in [0.3, 0.4) is 0 Å². The van der Waals surface area contributed by atoms with Crippen molar-refractivity contribution >= 4 is 62.1 Å². The van der Waals surface area contributed by atoms with Crippen LogP contribution in [0.2, 0.25) is 0 Å². The lowest BCUT2D eigenvalue weighted by Gasteiger charge is -2.33. The lowest BCUT2D eigenvalue weighted by atomic mass is 9.91. The number of aromatic nitrogens is 6. The number of amides is 1. The highest BCUT2D eigenvalue weighted by Gasteiger charge is 2.44. The Labute approximate surface area is 200 Å². The highest BCUT2D eigenvalue weighted by molar-refractivity contribution is 9.11. The Hall–Kier alpha value is -3.32. The number of halogens is 1. The molecule has 0 bridgehead atoms. The highest BCUT2D eigenvalue weighted by Crippen LogP contribution is 2.35. The van der Waals surface area contributed by atoms with E-state index in [0.717, 1.165) is 20.7 Å². The molecule has 1 atom stereocenters. The molecule has 0 radical (unpaired) electrons. The standard InChI is InChI=1S/C20H20BrN9O2S/c1-20(13(31)9-16-23-10-14(21)33-16)5-3-6-29(20)19-25-18(12-4-2-7-30(12)28-19)24-15-8-11(17(22)32)26-27-15/h2,4,7-8,10H,3,5-6,9H2,1H3,(H2,22,32)(H2,24,25,26,27,28)/t20-/m0/s1. The molecule has 4 aromatic rings. The largest absolute Gasteiger partial charge is 0.364 e. The maximum absolute atomic E-state index is 13.4. The second-order valence-electron chi connectivity index (χ2n) is 7.94. The molecule has 1 aliphatic rings. The lowest BCUT2D eigenvalue weighted by Crippen LogP contribution is -2.49. The summed E-state index contributed by atoms with van der Waals surface area (Å²) in [7, 11) is 0. The monoisotopic (exact) mass is 529 g/mol. The maximum atomic E-state index is 13.4. The normalized spacial score (nSPS) is 18.2. The molecule has 0 spiro atoms. The van der Waals surface area contributed by atoms with Crippen molar-refractivity contribution in [3.8, 4) is 0 Å². The molecular weight excluding hydrogens is 510 g/mol. The molecule has 1 aliphatic heterocycles. The Morgan fingerprint density at radius 2 is 2.27 bits per heavy atom. The summed E-state index contributed by atoms with van der Waals surface area (Å²) < 4.78 is 2.60. The van der Waals surface area contributed by atoms with E-state index < -0.39 is 11.4 Å². The zero-order valence-electron chi connectivity index (χ0n) is 17.6. The van der Waals surface area contributed by atoms with E-state index in [9.17, 15) is 9.59 Å². The quantitative estimate of drug-likeness (QED) is 0.331. The number of H-pyrrole nitrogens is 1. The summed E-state index contributed by atoms with van der Waals surface area (Å²) in [4.78, 5) is 35.7. The maximum Gasteiger partial charge on any atom is 0.266 e. The number of aromatic amines is 1. The second kappa shape index (κ2) is 8.23. The molecule has 1 saturated heterocycles. The molecule has 0 unspecified atom stereocenters. The van der Waals surface area contributed by atoms with E-state index in [1.165, 1.54) is 17.4 Å². The third-order valence-electron chi connectivity index (χ3n) is 5.79. The predicted octanol–water partition coefficient (Wildman–Crippen LogP) is 2.68. The molecule has 1 amide bonds. The van der Waals surface area contributed by atoms with Gasteiger partial charge in [0.15, 0.2) is 17.4 Å². The van der Waals surface area contributed by atoms with Crippen LogP contribution in [-0.2, 0) is 11.2 Å². The zero-order valence-corrected chi connectivity index (χ0v) is 20.0. The van der Waals surface area contributed by atoms with Crippen LogP contribution in [0.15, 0.2) is 34.4 Å². The summed E-state index contributed by atoms with van der Waals surface area (Å²) in [6, 6.07) is 5.23. The van der Waals surface area contributed by atoms with Gasteiger partial charge in [-0.3, -0.25) is 14.7 Å². The van der Waals surface area contributed by atoms with Crippen LogP contribution in [0, 0.1) is 0 Å². The number of ketones is 1. The second-order valence-corrected chi connectivity index (χ2v) is 10.4.